The zero-order chi connectivity index (χ0) is 16.2. The second kappa shape index (κ2) is 6.93. The topological polar surface area (TPSA) is 62.2 Å². The number of rotatable bonds is 6. The van der Waals surface area contributed by atoms with E-state index >= 15 is 0 Å². The van der Waals surface area contributed by atoms with Gasteiger partial charge in [0.15, 0.2) is 0 Å². The van der Waals surface area contributed by atoms with Crippen LogP contribution in [0, 0.1) is 6.92 Å². The Balaban J connectivity index is 3.06. The van der Waals surface area contributed by atoms with E-state index in [1.54, 1.807) is 7.05 Å². The molecule has 0 aliphatic heterocycles. The van der Waals surface area contributed by atoms with E-state index in [0.29, 0.717) is 6.54 Å². The van der Waals surface area contributed by atoms with Crippen molar-refractivity contribution >= 4 is 11.7 Å². The van der Waals surface area contributed by atoms with Crippen molar-refractivity contribution in [1.82, 2.24) is 20.4 Å². The van der Waals surface area contributed by atoms with Gasteiger partial charge in [-0.25, -0.2) is 0 Å². The molecule has 6 nitrogen and oxygen atoms in total. The lowest BCUT2D eigenvalue weighted by atomic mass is 10.1. The molecule has 0 fully saturated rings. The second-order valence-corrected chi connectivity index (χ2v) is 6.30. The lowest BCUT2D eigenvalue weighted by Gasteiger charge is -2.25. The van der Waals surface area contributed by atoms with Gasteiger partial charge in [0, 0.05) is 38.3 Å². The average Bonchev–Trinajstić information content (AvgIpc) is 2.66. The van der Waals surface area contributed by atoms with Gasteiger partial charge in [0.25, 0.3) is 0 Å². The molecule has 0 bridgehead atoms. The predicted molar refractivity (Wildman–Crippen MR) is 86.5 cm³/mol. The van der Waals surface area contributed by atoms with Crippen LogP contribution in [0.15, 0.2) is 0 Å². The summed E-state index contributed by atoms with van der Waals surface area (Å²) in [4.78, 5) is 13.8. The van der Waals surface area contributed by atoms with Gasteiger partial charge in [-0.15, -0.1) is 0 Å². The van der Waals surface area contributed by atoms with Crippen LogP contribution in [-0.2, 0) is 18.4 Å². The molecule has 0 aromatic carbocycles. The highest BCUT2D eigenvalue weighted by atomic mass is 16.1. The van der Waals surface area contributed by atoms with Crippen molar-refractivity contribution in [2.24, 2.45) is 7.05 Å². The Morgan fingerprint density at radius 2 is 2.00 bits per heavy atom. The number of nitrogens with one attached hydrogen (secondary N) is 2. The zero-order valence-corrected chi connectivity index (χ0v) is 14.4. The lowest BCUT2D eigenvalue weighted by Crippen LogP contribution is -2.38. The Hall–Kier alpha value is -1.56. The van der Waals surface area contributed by atoms with Crippen LogP contribution in [0.4, 0.5) is 5.82 Å². The highest BCUT2D eigenvalue weighted by Crippen LogP contribution is 2.23. The fraction of sp³-hybridized carbons (Fsp3) is 0.733. The first-order chi connectivity index (χ1) is 9.69. The summed E-state index contributed by atoms with van der Waals surface area (Å²) in [5.74, 6) is 1.01. The van der Waals surface area contributed by atoms with Crippen molar-refractivity contribution in [2.45, 2.75) is 46.7 Å². The molecule has 0 saturated carbocycles. The molecule has 1 heterocycles. The van der Waals surface area contributed by atoms with Gasteiger partial charge in [-0.2, -0.15) is 5.10 Å². The molecule has 6 heteroatoms. The quantitative estimate of drug-likeness (QED) is 0.827. The van der Waals surface area contributed by atoms with Crippen LogP contribution in [0.2, 0.25) is 0 Å². The first-order valence-corrected chi connectivity index (χ1v) is 7.42. The third-order valence-electron chi connectivity index (χ3n) is 3.40. The van der Waals surface area contributed by atoms with Gasteiger partial charge in [-0.3, -0.25) is 9.48 Å². The van der Waals surface area contributed by atoms with Gasteiger partial charge >= 0.3 is 0 Å². The van der Waals surface area contributed by atoms with Crippen molar-refractivity contribution < 1.29 is 4.79 Å². The van der Waals surface area contributed by atoms with Crippen molar-refractivity contribution in [3.63, 3.8) is 0 Å². The van der Waals surface area contributed by atoms with Crippen LogP contribution in [0.25, 0.3) is 0 Å². The van der Waals surface area contributed by atoms with E-state index in [2.05, 4.69) is 41.4 Å². The third-order valence-corrected chi connectivity index (χ3v) is 3.40. The standard InChI is InChI=1S/C15H29N5O/c1-8-20(10-13(21)16-6)14-12(9-17-15(3,4)5)11(2)18-19(14)7/h17H,8-10H2,1-7H3,(H,16,21). The molecule has 21 heavy (non-hydrogen) atoms. The minimum Gasteiger partial charge on any atom is -0.358 e. The van der Waals surface area contributed by atoms with E-state index in [4.69, 9.17) is 0 Å². The summed E-state index contributed by atoms with van der Waals surface area (Å²) in [5.41, 5.74) is 2.19. The van der Waals surface area contributed by atoms with Crippen molar-refractivity contribution in [3.05, 3.63) is 11.3 Å². The van der Waals surface area contributed by atoms with E-state index in [0.717, 1.165) is 30.2 Å². The summed E-state index contributed by atoms with van der Waals surface area (Å²) in [6, 6.07) is 0. The minimum atomic E-state index is 0.00503. The second-order valence-electron chi connectivity index (χ2n) is 6.30. The molecule has 0 aliphatic rings. The first kappa shape index (κ1) is 17.5. The van der Waals surface area contributed by atoms with Crippen LogP contribution in [0.5, 0.6) is 0 Å². The van der Waals surface area contributed by atoms with Gasteiger partial charge in [-0.1, -0.05) is 0 Å². The predicted octanol–water partition coefficient (Wildman–Crippen LogP) is 1.19. The minimum absolute atomic E-state index is 0.00503. The van der Waals surface area contributed by atoms with Gasteiger partial charge in [0.1, 0.15) is 5.82 Å². The third kappa shape index (κ3) is 4.74. The van der Waals surface area contributed by atoms with Crippen LogP contribution >= 0.6 is 0 Å². The number of carbonyl (C=O) groups is 1. The number of hydrogen-bond donors (Lipinski definition) is 2. The van der Waals surface area contributed by atoms with Crippen molar-refractivity contribution in [3.8, 4) is 0 Å². The lowest BCUT2D eigenvalue weighted by molar-refractivity contribution is -0.119. The number of aromatic nitrogens is 2. The SMILES string of the molecule is CCN(CC(=O)NC)c1c(CNC(C)(C)C)c(C)nn1C. The highest BCUT2D eigenvalue weighted by Gasteiger charge is 2.21. The largest absolute Gasteiger partial charge is 0.358 e. The fourth-order valence-corrected chi connectivity index (χ4v) is 2.23. The summed E-state index contributed by atoms with van der Waals surface area (Å²) >= 11 is 0. The highest BCUT2D eigenvalue weighted by molar-refractivity contribution is 5.81. The molecular formula is C15H29N5O. The van der Waals surface area contributed by atoms with Crippen LogP contribution < -0.4 is 15.5 Å². The Morgan fingerprint density at radius 3 is 2.48 bits per heavy atom. The number of anilines is 1. The summed E-state index contributed by atoms with van der Waals surface area (Å²) in [6.45, 7) is 12.3. The monoisotopic (exact) mass is 295 g/mol. The summed E-state index contributed by atoms with van der Waals surface area (Å²) in [5, 5.41) is 10.7. The Bertz CT molecular complexity index is 487. The smallest absolute Gasteiger partial charge is 0.239 e. The van der Waals surface area contributed by atoms with E-state index in [9.17, 15) is 4.79 Å². The van der Waals surface area contributed by atoms with Crippen molar-refractivity contribution in [1.29, 1.82) is 0 Å². The number of carbonyl (C=O) groups excluding carboxylic acids is 1. The molecule has 1 rings (SSSR count). The first-order valence-electron chi connectivity index (χ1n) is 7.42. The van der Waals surface area contributed by atoms with E-state index in [1.165, 1.54) is 0 Å². The number of aryl methyl sites for hydroxylation is 2. The maximum absolute atomic E-state index is 11.7. The van der Waals surface area contributed by atoms with Gasteiger partial charge < -0.3 is 15.5 Å². The number of likely N-dealkylation sites (N-methyl/N-ethyl adjacent to an activating group) is 2. The van der Waals surface area contributed by atoms with E-state index in [1.807, 2.05) is 25.6 Å². The summed E-state index contributed by atoms with van der Waals surface area (Å²) in [7, 11) is 3.59. The molecule has 0 unspecified atom stereocenters. The van der Waals surface area contributed by atoms with Crippen LogP contribution in [-0.4, -0.2) is 41.4 Å². The average molecular weight is 295 g/mol. The summed E-state index contributed by atoms with van der Waals surface area (Å²) in [6.07, 6.45) is 0. The van der Waals surface area contributed by atoms with Crippen LogP contribution in [0.1, 0.15) is 39.0 Å². The molecule has 0 spiro atoms. The van der Waals surface area contributed by atoms with Gasteiger partial charge in [0.2, 0.25) is 5.91 Å². The molecule has 0 saturated heterocycles. The summed E-state index contributed by atoms with van der Waals surface area (Å²) < 4.78 is 1.86. The zero-order valence-electron chi connectivity index (χ0n) is 14.4. The fourth-order valence-electron chi connectivity index (χ4n) is 2.23. The number of nitrogens with zero attached hydrogens (tertiary/aromatic N) is 3. The normalized spacial score (nSPS) is 11.6. The Morgan fingerprint density at radius 1 is 1.38 bits per heavy atom. The molecule has 1 amide bonds. The van der Waals surface area contributed by atoms with Crippen molar-refractivity contribution in [2.75, 3.05) is 25.0 Å². The maximum atomic E-state index is 11.7. The number of amides is 1. The molecule has 2 N–H and O–H groups in total. The molecule has 1 aromatic rings. The maximum Gasteiger partial charge on any atom is 0.239 e. The molecule has 120 valence electrons. The van der Waals surface area contributed by atoms with E-state index < -0.39 is 0 Å². The molecule has 1 aromatic heterocycles. The van der Waals surface area contributed by atoms with Gasteiger partial charge in [0.05, 0.1) is 12.2 Å². The van der Waals surface area contributed by atoms with E-state index in [-0.39, 0.29) is 11.4 Å². The Kier molecular flexibility index (Phi) is 5.78. The molecular weight excluding hydrogens is 266 g/mol. The molecule has 0 radical (unpaired) electrons. The van der Waals surface area contributed by atoms with Gasteiger partial charge in [-0.05, 0) is 34.6 Å². The molecule has 0 aliphatic carbocycles. The van der Waals surface area contributed by atoms with Crippen LogP contribution in [0.3, 0.4) is 0 Å². The Labute approximate surface area is 127 Å². The molecule has 0 atom stereocenters. The number of hydrogen-bond acceptors (Lipinski definition) is 4.